The standard InChI is InChI=1S/C23H19N5O/c1-16(17-6-3-2-4-7-17)26-23-24-12-11-22(27-23)28-15-25-19-14-18(9-10-20(19)28)21-8-5-13-29-21/h2-16H,1H3,(H,24,26,27)/t16-/m0/s1. The minimum atomic E-state index is 0.0989. The first-order valence-corrected chi connectivity index (χ1v) is 9.44. The van der Waals surface area contributed by atoms with Gasteiger partial charge in [-0.15, -0.1) is 0 Å². The topological polar surface area (TPSA) is 68.8 Å². The second-order valence-electron chi connectivity index (χ2n) is 6.81. The largest absolute Gasteiger partial charge is 0.464 e. The monoisotopic (exact) mass is 381 g/mol. The molecule has 6 heteroatoms. The summed E-state index contributed by atoms with van der Waals surface area (Å²) in [6.07, 6.45) is 5.21. The lowest BCUT2D eigenvalue weighted by molar-refractivity contribution is 0.582. The molecule has 0 radical (unpaired) electrons. The first-order chi connectivity index (χ1) is 14.3. The molecule has 0 bridgehead atoms. The van der Waals surface area contributed by atoms with Crippen molar-refractivity contribution in [3.05, 3.63) is 91.1 Å². The molecule has 1 atom stereocenters. The van der Waals surface area contributed by atoms with Gasteiger partial charge in [-0.3, -0.25) is 4.57 Å². The van der Waals surface area contributed by atoms with Crippen molar-refractivity contribution in [1.82, 2.24) is 19.5 Å². The van der Waals surface area contributed by atoms with Crippen LogP contribution in [0.1, 0.15) is 18.5 Å². The van der Waals surface area contributed by atoms with Gasteiger partial charge in [-0.05, 0) is 48.9 Å². The number of hydrogen-bond acceptors (Lipinski definition) is 5. The van der Waals surface area contributed by atoms with Crippen LogP contribution >= 0.6 is 0 Å². The zero-order valence-electron chi connectivity index (χ0n) is 15.9. The molecule has 0 aliphatic heterocycles. The van der Waals surface area contributed by atoms with Gasteiger partial charge < -0.3 is 9.73 Å². The van der Waals surface area contributed by atoms with Crippen molar-refractivity contribution in [3.63, 3.8) is 0 Å². The molecule has 5 aromatic rings. The number of imidazole rings is 1. The van der Waals surface area contributed by atoms with Gasteiger partial charge >= 0.3 is 0 Å². The molecule has 0 fully saturated rings. The van der Waals surface area contributed by atoms with Gasteiger partial charge in [0.2, 0.25) is 5.95 Å². The summed E-state index contributed by atoms with van der Waals surface area (Å²) in [5.41, 5.74) is 4.03. The maximum Gasteiger partial charge on any atom is 0.225 e. The minimum absolute atomic E-state index is 0.0989. The van der Waals surface area contributed by atoms with Gasteiger partial charge in [0.1, 0.15) is 17.9 Å². The van der Waals surface area contributed by atoms with Crippen molar-refractivity contribution in [3.8, 4) is 17.1 Å². The summed E-state index contributed by atoms with van der Waals surface area (Å²) in [7, 11) is 0. The lowest BCUT2D eigenvalue weighted by atomic mass is 10.1. The van der Waals surface area contributed by atoms with Gasteiger partial charge in [-0.2, -0.15) is 4.98 Å². The van der Waals surface area contributed by atoms with Crippen LogP contribution in [0.2, 0.25) is 0 Å². The highest BCUT2D eigenvalue weighted by Crippen LogP contribution is 2.26. The molecule has 29 heavy (non-hydrogen) atoms. The summed E-state index contributed by atoms with van der Waals surface area (Å²) in [4.78, 5) is 13.6. The molecular formula is C23H19N5O. The average molecular weight is 381 g/mol. The molecule has 0 spiro atoms. The Bertz CT molecular complexity index is 1250. The van der Waals surface area contributed by atoms with E-state index < -0.39 is 0 Å². The number of furan rings is 1. The minimum Gasteiger partial charge on any atom is -0.464 e. The van der Waals surface area contributed by atoms with E-state index in [0.29, 0.717) is 5.95 Å². The molecule has 142 valence electrons. The maximum atomic E-state index is 5.49. The molecule has 6 nitrogen and oxygen atoms in total. The summed E-state index contributed by atoms with van der Waals surface area (Å²) in [6.45, 7) is 2.09. The van der Waals surface area contributed by atoms with Crippen LogP contribution < -0.4 is 5.32 Å². The second kappa shape index (κ2) is 7.24. The highest BCUT2D eigenvalue weighted by Gasteiger charge is 2.11. The maximum absolute atomic E-state index is 5.49. The van der Waals surface area contributed by atoms with E-state index in [9.17, 15) is 0 Å². The highest BCUT2D eigenvalue weighted by atomic mass is 16.3. The van der Waals surface area contributed by atoms with E-state index in [2.05, 4.69) is 39.3 Å². The van der Waals surface area contributed by atoms with Crippen molar-refractivity contribution >= 4 is 17.0 Å². The Balaban J connectivity index is 1.45. The predicted molar refractivity (Wildman–Crippen MR) is 113 cm³/mol. The number of hydrogen-bond donors (Lipinski definition) is 1. The Morgan fingerprint density at radius 3 is 2.69 bits per heavy atom. The van der Waals surface area contributed by atoms with Crippen LogP contribution in [-0.4, -0.2) is 19.5 Å². The van der Waals surface area contributed by atoms with Gasteiger partial charge in [0, 0.05) is 11.8 Å². The summed E-state index contributed by atoms with van der Waals surface area (Å²) in [5.74, 6) is 2.16. The molecule has 0 saturated carbocycles. The van der Waals surface area contributed by atoms with Crippen LogP contribution in [0, 0.1) is 0 Å². The van der Waals surface area contributed by atoms with Crippen LogP contribution in [0.3, 0.4) is 0 Å². The van der Waals surface area contributed by atoms with E-state index in [1.54, 1.807) is 18.8 Å². The van der Waals surface area contributed by atoms with E-state index in [0.717, 1.165) is 28.2 Å². The zero-order valence-corrected chi connectivity index (χ0v) is 15.9. The normalized spacial score (nSPS) is 12.2. The van der Waals surface area contributed by atoms with Gasteiger partial charge in [0.25, 0.3) is 0 Å². The third-order valence-electron chi connectivity index (χ3n) is 4.89. The Kier molecular flexibility index (Phi) is 4.29. The Morgan fingerprint density at radius 2 is 1.86 bits per heavy atom. The number of nitrogens with zero attached hydrogens (tertiary/aromatic N) is 4. The third kappa shape index (κ3) is 3.36. The van der Waals surface area contributed by atoms with Crippen LogP contribution in [0.4, 0.5) is 5.95 Å². The van der Waals surface area contributed by atoms with Crippen LogP contribution in [0.5, 0.6) is 0 Å². The zero-order chi connectivity index (χ0) is 19.6. The summed E-state index contributed by atoms with van der Waals surface area (Å²) >= 11 is 0. The van der Waals surface area contributed by atoms with Gasteiger partial charge in [0.15, 0.2) is 0 Å². The fourth-order valence-electron chi connectivity index (χ4n) is 3.36. The van der Waals surface area contributed by atoms with Crippen molar-refractivity contribution < 1.29 is 4.42 Å². The molecule has 1 N–H and O–H groups in total. The Hall–Kier alpha value is -3.93. The Labute approximate surface area is 167 Å². The fraction of sp³-hybridized carbons (Fsp3) is 0.0870. The van der Waals surface area contributed by atoms with Crippen molar-refractivity contribution in [2.24, 2.45) is 0 Å². The van der Waals surface area contributed by atoms with Crippen LogP contribution in [-0.2, 0) is 0 Å². The van der Waals surface area contributed by atoms with Gasteiger partial charge in [0.05, 0.1) is 23.3 Å². The molecular weight excluding hydrogens is 362 g/mol. The SMILES string of the molecule is C[C@H](Nc1nccc(-n2cnc3cc(-c4ccco4)ccc32)n1)c1ccccc1. The number of fused-ring (bicyclic) bond motifs is 1. The number of rotatable bonds is 5. The van der Waals surface area contributed by atoms with E-state index in [1.807, 2.05) is 59.2 Å². The third-order valence-corrected chi connectivity index (χ3v) is 4.89. The van der Waals surface area contributed by atoms with E-state index in [4.69, 9.17) is 4.42 Å². The quantitative estimate of drug-likeness (QED) is 0.450. The molecule has 0 aliphatic rings. The van der Waals surface area contributed by atoms with Crippen LogP contribution in [0.15, 0.2) is 89.9 Å². The van der Waals surface area contributed by atoms with E-state index in [-0.39, 0.29) is 6.04 Å². The highest BCUT2D eigenvalue weighted by molar-refractivity contribution is 5.82. The predicted octanol–water partition coefficient (Wildman–Crippen LogP) is 5.25. The van der Waals surface area contributed by atoms with E-state index >= 15 is 0 Å². The molecule has 0 amide bonds. The van der Waals surface area contributed by atoms with Crippen molar-refractivity contribution in [2.75, 3.05) is 5.32 Å². The number of aromatic nitrogens is 4. The first kappa shape index (κ1) is 17.2. The number of nitrogens with one attached hydrogen (secondary N) is 1. The lowest BCUT2D eigenvalue weighted by Crippen LogP contribution is -2.10. The van der Waals surface area contributed by atoms with Gasteiger partial charge in [-0.25, -0.2) is 9.97 Å². The number of benzene rings is 2. The van der Waals surface area contributed by atoms with E-state index in [1.165, 1.54) is 5.56 Å². The molecule has 5 rings (SSSR count). The molecule has 3 aromatic heterocycles. The van der Waals surface area contributed by atoms with Crippen molar-refractivity contribution in [1.29, 1.82) is 0 Å². The first-order valence-electron chi connectivity index (χ1n) is 9.44. The molecule has 0 unspecified atom stereocenters. The average Bonchev–Trinajstić information content (AvgIpc) is 3.44. The summed E-state index contributed by atoms with van der Waals surface area (Å²) in [6, 6.07) is 22.1. The number of anilines is 1. The second-order valence-corrected chi connectivity index (χ2v) is 6.81. The molecule has 3 heterocycles. The van der Waals surface area contributed by atoms with Crippen LogP contribution in [0.25, 0.3) is 28.2 Å². The lowest BCUT2D eigenvalue weighted by Gasteiger charge is -2.14. The fourth-order valence-corrected chi connectivity index (χ4v) is 3.36. The van der Waals surface area contributed by atoms with Gasteiger partial charge in [-0.1, -0.05) is 30.3 Å². The summed E-state index contributed by atoms with van der Waals surface area (Å²) in [5, 5.41) is 3.37. The van der Waals surface area contributed by atoms with Crippen molar-refractivity contribution in [2.45, 2.75) is 13.0 Å². The molecule has 2 aromatic carbocycles. The molecule has 0 saturated heterocycles. The smallest absolute Gasteiger partial charge is 0.225 e. The Morgan fingerprint density at radius 1 is 0.966 bits per heavy atom. The summed E-state index contributed by atoms with van der Waals surface area (Å²) < 4.78 is 7.45. The molecule has 0 aliphatic carbocycles.